The van der Waals surface area contributed by atoms with E-state index in [4.69, 9.17) is 10.5 Å². The molecule has 4 heteroatoms. The van der Waals surface area contributed by atoms with Crippen molar-refractivity contribution in [3.8, 4) is 0 Å². The summed E-state index contributed by atoms with van der Waals surface area (Å²) >= 11 is 0. The summed E-state index contributed by atoms with van der Waals surface area (Å²) in [5.41, 5.74) is 5.10. The predicted molar refractivity (Wildman–Crippen MR) is 50.4 cm³/mol. The molecule has 0 radical (unpaired) electrons. The zero-order valence-corrected chi connectivity index (χ0v) is 8.54. The highest BCUT2D eigenvalue weighted by Gasteiger charge is 2.31. The first kappa shape index (κ1) is 10.3. The summed E-state index contributed by atoms with van der Waals surface area (Å²) in [6.45, 7) is 8.23. The molecule has 0 saturated carbocycles. The molecule has 0 spiro atoms. The second kappa shape index (κ2) is 3.54. The number of hydrogen-bond acceptors (Lipinski definition) is 3. The molecule has 1 saturated heterocycles. The van der Waals surface area contributed by atoms with Crippen molar-refractivity contribution in [3.05, 3.63) is 0 Å². The highest BCUT2D eigenvalue weighted by atomic mass is 16.6. The van der Waals surface area contributed by atoms with Gasteiger partial charge in [0.05, 0.1) is 0 Å². The van der Waals surface area contributed by atoms with Gasteiger partial charge in [-0.15, -0.1) is 0 Å². The quantitative estimate of drug-likeness (QED) is 0.663. The van der Waals surface area contributed by atoms with E-state index in [-0.39, 0.29) is 11.6 Å². The van der Waals surface area contributed by atoms with Crippen LogP contribution in [0.2, 0.25) is 0 Å². The van der Waals surface area contributed by atoms with Crippen molar-refractivity contribution in [3.63, 3.8) is 0 Å². The molecule has 1 fully saturated rings. The molecule has 4 nitrogen and oxygen atoms in total. The lowest BCUT2D eigenvalue weighted by Gasteiger charge is -2.31. The third-order valence-corrected chi connectivity index (χ3v) is 2.38. The molecular formula is C9H18N2O2. The van der Waals surface area contributed by atoms with E-state index in [1.54, 1.807) is 0 Å². The van der Waals surface area contributed by atoms with Crippen LogP contribution in [0, 0.1) is 0 Å². The third-order valence-electron chi connectivity index (χ3n) is 2.38. The first-order chi connectivity index (χ1) is 5.89. The Morgan fingerprint density at radius 2 is 2.15 bits per heavy atom. The molecule has 1 amide bonds. The molecular weight excluding hydrogens is 168 g/mol. The Morgan fingerprint density at radius 3 is 2.54 bits per heavy atom. The second-order valence-electron chi connectivity index (χ2n) is 4.46. The van der Waals surface area contributed by atoms with Gasteiger partial charge in [0.1, 0.15) is 6.10 Å². The van der Waals surface area contributed by atoms with Crippen LogP contribution in [0.3, 0.4) is 0 Å². The zero-order valence-electron chi connectivity index (χ0n) is 8.54. The number of rotatable bonds is 1. The maximum atomic E-state index is 10.5. The smallest absolute Gasteiger partial charge is 0.404 e. The summed E-state index contributed by atoms with van der Waals surface area (Å²) in [4.78, 5) is 12.8. The molecule has 1 heterocycles. The van der Waals surface area contributed by atoms with Crippen LogP contribution in [-0.4, -0.2) is 35.7 Å². The van der Waals surface area contributed by atoms with Crippen LogP contribution in [0.1, 0.15) is 27.2 Å². The summed E-state index contributed by atoms with van der Waals surface area (Å²) in [7, 11) is 0. The van der Waals surface area contributed by atoms with Crippen LogP contribution in [-0.2, 0) is 4.74 Å². The number of ether oxygens (including phenoxy) is 1. The van der Waals surface area contributed by atoms with Gasteiger partial charge in [-0.3, -0.25) is 4.90 Å². The van der Waals surface area contributed by atoms with Gasteiger partial charge in [0, 0.05) is 18.6 Å². The minimum absolute atomic E-state index is 0.0169. The molecule has 76 valence electrons. The summed E-state index contributed by atoms with van der Waals surface area (Å²) in [6.07, 6.45) is 0.206. The normalized spacial score (nSPS) is 24.7. The molecule has 2 N–H and O–H groups in total. The van der Waals surface area contributed by atoms with Gasteiger partial charge >= 0.3 is 6.09 Å². The minimum Gasteiger partial charge on any atom is -0.445 e. The second-order valence-corrected chi connectivity index (χ2v) is 4.46. The maximum absolute atomic E-state index is 10.5. The standard InChI is InChI=1S/C9H18N2O2/c1-9(2,3)11-5-4-7(6-11)13-8(10)12/h7H,4-6H2,1-3H3,(H2,10,12)/t7-/m1/s1. The number of carbonyl (C=O) groups is 1. The number of carbonyl (C=O) groups excluding carboxylic acids is 1. The highest BCUT2D eigenvalue weighted by Crippen LogP contribution is 2.21. The lowest BCUT2D eigenvalue weighted by atomic mass is 10.1. The molecule has 0 aliphatic carbocycles. The Bertz CT molecular complexity index is 198. The number of nitrogens with two attached hydrogens (primary N) is 1. The third kappa shape index (κ3) is 2.88. The summed E-state index contributed by atoms with van der Waals surface area (Å²) in [5.74, 6) is 0. The molecule has 0 aromatic carbocycles. The van der Waals surface area contributed by atoms with E-state index >= 15 is 0 Å². The zero-order chi connectivity index (χ0) is 10.1. The molecule has 1 aliphatic rings. The fourth-order valence-corrected chi connectivity index (χ4v) is 1.60. The van der Waals surface area contributed by atoms with Crippen molar-refractivity contribution >= 4 is 6.09 Å². The van der Waals surface area contributed by atoms with Crippen LogP contribution >= 0.6 is 0 Å². The number of nitrogens with zero attached hydrogens (tertiary/aromatic N) is 1. The fourth-order valence-electron chi connectivity index (χ4n) is 1.60. The molecule has 0 aromatic rings. The van der Waals surface area contributed by atoms with Gasteiger partial charge in [-0.2, -0.15) is 0 Å². The fraction of sp³-hybridized carbons (Fsp3) is 0.889. The van der Waals surface area contributed by atoms with E-state index in [9.17, 15) is 4.79 Å². The van der Waals surface area contributed by atoms with E-state index in [1.165, 1.54) is 0 Å². The lowest BCUT2D eigenvalue weighted by Crippen LogP contribution is -2.40. The predicted octanol–water partition coefficient (Wildman–Crippen LogP) is 0.955. The maximum Gasteiger partial charge on any atom is 0.404 e. The lowest BCUT2D eigenvalue weighted by molar-refractivity contribution is 0.0949. The average Bonchev–Trinajstić information content (AvgIpc) is 2.32. The van der Waals surface area contributed by atoms with Crippen molar-refractivity contribution in [1.29, 1.82) is 0 Å². The monoisotopic (exact) mass is 186 g/mol. The van der Waals surface area contributed by atoms with Crippen molar-refractivity contribution in [2.75, 3.05) is 13.1 Å². The van der Waals surface area contributed by atoms with Crippen LogP contribution in [0.25, 0.3) is 0 Å². The van der Waals surface area contributed by atoms with Crippen LogP contribution in [0.5, 0.6) is 0 Å². The Labute approximate surface area is 79.0 Å². The van der Waals surface area contributed by atoms with Crippen molar-refractivity contribution < 1.29 is 9.53 Å². The van der Waals surface area contributed by atoms with Gasteiger partial charge in [0.2, 0.25) is 0 Å². The van der Waals surface area contributed by atoms with Crippen LogP contribution < -0.4 is 5.73 Å². The summed E-state index contributed by atoms with van der Waals surface area (Å²) in [6, 6.07) is 0. The summed E-state index contributed by atoms with van der Waals surface area (Å²) in [5, 5.41) is 0. The van der Waals surface area contributed by atoms with E-state index in [2.05, 4.69) is 25.7 Å². The largest absolute Gasteiger partial charge is 0.445 e. The number of hydrogen-bond donors (Lipinski definition) is 1. The van der Waals surface area contributed by atoms with Gasteiger partial charge < -0.3 is 10.5 Å². The first-order valence-corrected chi connectivity index (χ1v) is 4.61. The van der Waals surface area contributed by atoms with Gasteiger partial charge in [0.25, 0.3) is 0 Å². The number of primary amides is 1. The Kier molecular flexibility index (Phi) is 2.81. The summed E-state index contributed by atoms with van der Waals surface area (Å²) < 4.78 is 4.93. The Morgan fingerprint density at radius 1 is 1.54 bits per heavy atom. The van der Waals surface area contributed by atoms with E-state index < -0.39 is 6.09 Å². The molecule has 1 atom stereocenters. The van der Waals surface area contributed by atoms with Gasteiger partial charge in [0.15, 0.2) is 0 Å². The minimum atomic E-state index is -0.666. The molecule has 1 rings (SSSR count). The highest BCUT2D eigenvalue weighted by molar-refractivity contribution is 5.64. The van der Waals surface area contributed by atoms with Crippen molar-refractivity contribution in [2.24, 2.45) is 5.73 Å². The van der Waals surface area contributed by atoms with Gasteiger partial charge in [-0.25, -0.2) is 4.79 Å². The van der Waals surface area contributed by atoms with Gasteiger partial charge in [-0.05, 0) is 27.2 Å². The van der Waals surface area contributed by atoms with Crippen molar-refractivity contribution in [1.82, 2.24) is 4.90 Å². The number of amides is 1. The molecule has 0 unspecified atom stereocenters. The number of likely N-dealkylation sites (tertiary alicyclic amines) is 1. The SMILES string of the molecule is CC(C)(C)N1CC[C@@H](OC(N)=O)C1. The van der Waals surface area contributed by atoms with Crippen LogP contribution in [0.4, 0.5) is 4.79 Å². The average molecular weight is 186 g/mol. The molecule has 1 aliphatic heterocycles. The van der Waals surface area contributed by atoms with E-state index in [1.807, 2.05) is 0 Å². The molecule has 0 aromatic heterocycles. The Balaban J connectivity index is 2.41. The van der Waals surface area contributed by atoms with E-state index in [0.29, 0.717) is 0 Å². The van der Waals surface area contributed by atoms with E-state index in [0.717, 1.165) is 19.5 Å². The topological polar surface area (TPSA) is 55.6 Å². The van der Waals surface area contributed by atoms with Gasteiger partial charge in [-0.1, -0.05) is 0 Å². The first-order valence-electron chi connectivity index (χ1n) is 4.61. The van der Waals surface area contributed by atoms with Crippen LogP contribution in [0.15, 0.2) is 0 Å². The van der Waals surface area contributed by atoms with Crippen molar-refractivity contribution in [2.45, 2.75) is 38.8 Å². The molecule has 13 heavy (non-hydrogen) atoms. The Hall–Kier alpha value is -0.770. The molecule has 0 bridgehead atoms.